The molecule has 0 atom stereocenters. The van der Waals surface area contributed by atoms with Crippen LogP contribution in [0.2, 0.25) is 0 Å². The molecule has 0 bridgehead atoms. The van der Waals surface area contributed by atoms with Crippen molar-refractivity contribution in [1.82, 2.24) is 20.2 Å². The van der Waals surface area contributed by atoms with Gasteiger partial charge in [0.15, 0.2) is 5.01 Å². The van der Waals surface area contributed by atoms with Crippen LogP contribution in [0.5, 0.6) is 0 Å². The summed E-state index contributed by atoms with van der Waals surface area (Å²) in [4.78, 5) is 8.55. The Morgan fingerprint density at radius 2 is 2.38 bits per heavy atom. The van der Waals surface area contributed by atoms with Crippen molar-refractivity contribution in [3.05, 3.63) is 17.4 Å². The molecular weight excluding hydrogens is 184 g/mol. The third-order valence-corrected chi connectivity index (χ3v) is 2.86. The molecule has 1 aliphatic rings. The number of rotatable bonds is 2. The molecule has 4 nitrogen and oxygen atoms in total. The quantitative estimate of drug-likeness (QED) is 0.789. The first-order valence-electron chi connectivity index (χ1n) is 4.25. The Labute approximate surface area is 79.1 Å². The molecule has 0 amide bonds. The van der Waals surface area contributed by atoms with Crippen LogP contribution < -0.4 is 0 Å². The number of aromatic amines is 1. The third kappa shape index (κ3) is 1.25. The summed E-state index contributed by atoms with van der Waals surface area (Å²) in [5.41, 5.74) is 0. The molecule has 2 heterocycles. The van der Waals surface area contributed by atoms with Crippen molar-refractivity contribution in [3.8, 4) is 10.8 Å². The Hall–Kier alpha value is -1.23. The zero-order valence-corrected chi connectivity index (χ0v) is 7.71. The van der Waals surface area contributed by atoms with Crippen LogP contribution in [0.15, 0.2) is 11.6 Å². The molecule has 0 unspecified atom stereocenters. The Kier molecular flexibility index (Phi) is 1.46. The number of H-pyrrole nitrogens is 1. The number of aromatic nitrogens is 4. The highest BCUT2D eigenvalue weighted by Crippen LogP contribution is 2.38. The van der Waals surface area contributed by atoms with E-state index in [9.17, 15) is 0 Å². The van der Waals surface area contributed by atoms with Crippen molar-refractivity contribution in [3.63, 3.8) is 0 Å². The van der Waals surface area contributed by atoms with E-state index >= 15 is 0 Å². The van der Waals surface area contributed by atoms with Crippen LogP contribution in [0.25, 0.3) is 10.8 Å². The summed E-state index contributed by atoms with van der Waals surface area (Å²) in [7, 11) is 0. The molecule has 5 heteroatoms. The minimum absolute atomic E-state index is 0.626. The van der Waals surface area contributed by atoms with Crippen molar-refractivity contribution < 1.29 is 0 Å². The Bertz CT molecular complexity index is 401. The van der Waals surface area contributed by atoms with Crippen molar-refractivity contribution in [1.29, 1.82) is 0 Å². The first kappa shape index (κ1) is 7.20. The van der Waals surface area contributed by atoms with Crippen molar-refractivity contribution in [2.24, 2.45) is 0 Å². The summed E-state index contributed by atoms with van der Waals surface area (Å²) >= 11 is 1.57. The SMILES string of the molecule is c1csc(-c2n[nH]c(C3CC3)n2)n1. The average Bonchev–Trinajstić information content (AvgIpc) is 2.72. The van der Waals surface area contributed by atoms with Gasteiger partial charge in [-0.15, -0.1) is 11.3 Å². The van der Waals surface area contributed by atoms with Crippen LogP contribution in [0.3, 0.4) is 0 Å². The molecule has 0 aliphatic heterocycles. The van der Waals surface area contributed by atoms with E-state index in [0.717, 1.165) is 16.7 Å². The van der Waals surface area contributed by atoms with Gasteiger partial charge in [-0.3, -0.25) is 5.10 Å². The molecule has 0 saturated heterocycles. The Balaban J connectivity index is 1.97. The van der Waals surface area contributed by atoms with E-state index in [1.165, 1.54) is 12.8 Å². The van der Waals surface area contributed by atoms with Gasteiger partial charge in [-0.25, -0.2) is 9.97 Å². The van der Waals surface area contributed by atoms with Crippen molar-refractivity contribution in [2.45, 2.75) is 18.8 Å². The van der Waals surface area contributed by atoms with Gasteiger partial charge in [-0.2, -0.15) is 5.10 Å². The second-order valence-electron chi connectivity index (χ2n) is 3.16. The molecule has 0 radical (unpaired) electrons. The van der Waals surface area contributed by atoms with Gasteiger partial charge in [0.25, 0.3) is 0 Å². The predicted octanol–water partition coefficient (Wildman–Crippen LogP) is 1.81. The summed E-state index contributed by atoms with van der Waals surface area (Å²) in [6.45, 7) is 0. The van der Waals surface area contributed by atoms with Gasteiger partial charge in [0.1, 0.15) is 5.82 Å². The molecule has 66 valence electrons. The van der Waals surface area contributed by atoms with Crippen LogP contribution in [0.1, 0.15) is 24.6 Å². The maximum atomic E-state index is 4.40. The maximum Gasteiger partial charge on any atom is 0.210 e. The highest BCUT2D eigenvalue weighted by molar-refractivity contribution is 7.12. The number of nitrogens with one attached hydrogen (secondary N) is 1. The lowest BCUT2D eigenvalue weighted by Gasteiger charge is -1.84. The topological polar surface area (TPSA) is 54.5 Å². The lowest BCUT2D eigenvalue weighted by atomic mass is 10.4. The van der Waals surface area contributed by atoms with E-state index in [0.29, 0.717) is 5.92 Å². The fourth-order valence-electron chi connectivity index (χ4n) is 1.24. The van der Waals surface area contributed by atoms with Crippen molar-refractivity contribution >= 4 is 11.3 Å². The summed E-state index contributed by atoms with van der Waals surface area (Å²) in [5, 5.41) is 9.92. The lowest BCUT2D eigenvalue weighted by molar-refractivity contribution is 0.935. The summed E-state index contributed by atoms with van der Waals surface area (Å²) < 4.78 is 0. The summed E-state index contributed by atoms with van der Waals surface area (Å²) in [6, 6.07) is 0. The van der Waals surface area contributed by atoms with E-state index in [-0.39, 0.29) is 0 Å². The summed E-state index contributed by atoms with van der Waals surface area (Å²) in [6.07, 6.45) is 4.26. The lowest BCUT2D eigenvalue weighted by Crippen LogP contribution is -1.81. The van der Waals surface area contributed by atoms with Crippen LogP contribution in [0, 0.1) is 0 Å². The molecule has 1 N–H and O–H groups in total. The first-order chi connectivity index (χ1) is 6.43. The van der Waals surface area contributed by atoms with E-state index in [1.807, 2.05) is 5.38 Å². The third-order valence-electron chi connectivity index (χ3n) is 2.09. The standard InChI is InChI=1S/C8H8N4S/c1-2-5(1)6-10-7(12-11-6)8-9-3-4-13-8/h3-5H,1-2H2,(H,10,11,12). The highest BCUT2D eigenvalue weighted by Gasteiger charge is 2.27. The molecule has 1 saturated carbocycles. The summed E-state index contributed by atoms with van der Waals surface area (Å²) in [5.74, 6) is 2.38. The number of hydrogen-bond donors (Lipinski definition) is 1. The van der Waals surface area contributed by atoms with Gasteiger partial charge in [-0.1, -0.05) is 0 Å². The molecule has 3 rings (SSSR count). The smallest absolute Gasteiger partial charge is 0.210 e. The van der Waals surface area contributed by atoms with E-state index in [1.54, 1.807) is 17.5 Å². The minimum Gasteiger partial charge on any atom is -0.262 e. The predicted molar refractivity (Wildman–Crippen MR) is 49.5 cm³/mol. The van der Waals surface area contributed by atoms with E-state index < -0.39 is 0 Å². The zero-order valence-electron chi connectivity index (χ0n) is 6.90. The highest BCUT2D eigenvalue weighted by atomic mass is 32.1. The Morgan fingerprint density at radius 3 is 3.08 bits per heavy atom. The maximum absolute atomic E-state index is 4.40. The second kappa shape index (κ2) is 2.63. The molecule has 1 fully saturated rings. The Morgan fingerprint density at radius 1 is 1.46 bits per heavy atom. The van der Waals surface area contributed by atoms with Gasteiger partial charge < -0.3 is 0 Å². The molecule has 0 spiro atoms. The minimum atomic E-state index is 0.626. The normalized spacial score (nSPS) is 16.3. The molecule has 1 aliphatic carbocycles. The fraction of sp³-hybridized carbons (Fsp3) is 0.375. The number of thiazole rings is 1. The molecule has 2 aromatic heterocycles. The molecule has 13 heavy (non-hydrogen) atoms. The zero-order chi connectivity index (χ0) is 8.67. The van der Waals surface area contributed by atoms with Gasteiger partial charge in [0, 0.05) is 17.5 Å². The average molecular weight is 192 g/mol. The van der Waals surface area contributed by atoms with Gasteiger partial charge in [0.05, 0.1) is 0 Å². The van der Waals surface area contributed by atoms with Crippen LogP contribution in [-0.4, -0.2) is 20.2 Å². The number of nitrogens with zero attached hydrogens (tertiary/aromatic N) is 3. The largest absolute Gasteiger partial charge is 0.262 e. The molecule has 0 aromatic carbocycles. The van der Waals surface area contributed by atoms with Gasteiger partial charge in [-0.05, 0) is 12.8 Å². The fourth-order valence-corrected chi connectivity index (χ4v) is 1.81. The first-order valence-corrected chi connectivity index (χ1v) is 5.13. The molecule has 2 aromatic rings. The second-order valence-corrected chi connectivity index (χ2v) is 4.05. The van der Waals surface area contributed by atoms with Crippen LogP contribution in [-0.2, 0) is 0 Å². The van der Waals surface area contributed by atoms with Gasteiger partial charge in [0.2, 0.25) is 5.82 Å². The molecular formula is C8H8N4S. The van der Waals surface area contributed by atoms with Crippen molar-refractivity contribution in [2.75, 3.05) is 0 Å². The van der Waals surface area contributed by atoms with E-state index in [2.05, 4.69) is 20.2 Å². The number of hydrogen-bond acceptors (Lipinski definition) is 4. The van der Waals surface area contributed by atoms with Gasteiger partial charge >= 0.3 is 0 Å². The monoisotopic (exact) mass is 192 g/mol. The van der Waals surface area contributed by atoms with Crippen LogP contribution in [0.4, 0.5) is 0 Å². The van der Waals surface area contributed by atoms with E-state index in [4.69, 9.17) is 0 Å². The van der Waals surface area contributed by atoms with Crippen LogP contribution >= 0.6 is 11.3 Å².